The van der Waals surface area contributed by atoms with Crippen molar-refractivity contribution < 1.29 is 28.2 Å². The normalized spacial score (nSPS) is 20.3. The van der Waals surface area contributed by atoms with Crippen LogP contribution in [0.25, 0.3) is 0 Å². The molecule has 0 bridgehead atoms. The summed E-state index contributed by atoms with van der Waals surface area (Å²) in [7, 11) is 0. The van der Waals surface area contributed by atoms with Gasteiger partial charge >= 0.3 is 6.18 Å². The standard InChI is InChI=1S/C32H36F3N3O4S/c33-32(34,35)22-7-4-6-21(17-22)26(39)28(41)38-15-5-8-24-23(18-38)27(40)37-29(36-24)31(13-14-31)25-16-20(19-43-25)9-12-30(42)10-2-1-3-11-30/h4,6-7,16-17,19,26,39,42H,1-3,5,8-15,18H2,(H,36,37,40)/t26-/m1/s1. The molecule has 2 fully saturated rings. The number of thiophene rings is 1. The van der Waals surface area contributed by atoms with Gasteiger partial charge in [0, 0.05) is 11.4 Å². The minimum Gasteiger partial charge on any atom is -0.390 e. The van der Waals surface area contributed by atoms with Gasteiger partial charge in [-0.3, -0.25) is 9.59 Å². The van der Waals surface area contributed by atoms with Crippen LogP contribution in [0.1, 0.15) is 103 Å². The van der Waals surface area contributed by atoms with Crippen molar-refractivity contribution in [1.82, 2.24) is 14.9 Å². The van der Waals surface area contributed by atoms with Gasteiger partial charge in [-0.2, -0.15) is 13.2 Å². The first-order chi connectivity index (χ1) is 20.5. The number of halogens is 3. The highest BCUT2D eigenvalue weighted by atomic mass is 32.1. The molecule has 6 rings (SSSR count). The maximum atomic E-state index is 13.4. The van der Waals surface area contributed by atoms with Crippen LogP contribution >= 0.6 is 11.3 Å². The number of hydrogen-bond donors (Lipinski definition) is 3. The molecule has 3 heterocycles. The Morgan fingerprint density at radius 1 is 1.12 bits per heavy atom. The molecule has 11 heteroatoms. The number of nitrogens with one attached hydrogen (secondary N) is 1. The van der Waals surface area contributed by atoms with Crippen molar-refractivity contribution in [3.05, 3.63) is 84.7 Å². The van der Waals surface area contributed by atoms with Crippen LogP contribution in [0.5, 0.6) is 0 Å². The summed E-state index contributed by atoms with van der Waals surface area (Å²) in [6, 6.07) is 6.29. The number of carbonyl (C=O) groups excluding carboxylic acids is 1. The SMILES string of the molecule is O=C([C@H](O)c1cccc(C(F)(F)F)c1)N1CCCc2nc(C3(c4cc(CCC5(O)CCCCC5)cs4)CC3)[nH]c(=O)c2C1. The highest BCUT2D eigenvalue weighted by molar-refractivity contribution is 7.10. The first-order valence-electron chi connectivity index (χ1n) is 15.0. The molecule has 1 amide bonds. The number of aromatic nitrogens is 2. The highest BCUT2D eigenvalue weighted by Gasteiger charge is 2.50. The molecule has 1 aliphatic heterocycles. The number of nitrogens with zero attached hydrogens (tertiary/aromatic N) is 2. The molecular formula is C32H36F3N3O4S. The second kappa shape index (κ2) is 11.5. The number of H-pyrrole nitrogens is 1. The maximum absolute atomic E-state index is 13.4. The lowest BCUT2D eigenvalue weighted by atomic mass is 9.81. The Morgan fingerprint density at radius 2 is 1.88 bits per heavy atom. The molecule has 2 aromatic heterocycles. The molecule has 3 aliphatic rings. The molecule has 0 saturated heterocycles. The number of hydrogen-bond acceptors (Lipinski definition) is 6. The third-order valence-corrected chi connectivity index (χ3v) is 10.5. The van der Waals surface area contributed by atoms with Crippen LogP contribution < -0.4 is 5.56 Å². The smallest absolute Gasteiger partial charge is 0.390 e. The first-order valence-corrected chi connectivity index (χ1v) is 15.9. The van der Waals surface area contributed by atoms with Gasteiger partial charge in [0.1, 0.15) is 5.82 Å². The van der Waals surface area contributed by atoms with Gasteiger partial charge in [0.05, 0.1) is 34.4 Å². The lowest BCUT2D eigenvalue weighted by molar-refractivity contribution is -0.142. The number of amides is 1. The molecule has 0 unspecified atom stereocenters. The third-order valence-electron chi connectivity index (χ3n) is 9.36. The van der Waals surface area contributed by atoms with Crippen LogP contribution in [-0.2, 0) is 35.8 Å². The Labute approximate surface area is 251 Å². The van der Waals surface area contributed by atoms with Crippen molar-refractivity contribution in [2.24, 2.45) is 0 Å². The number of aliphatic hydroxyl groups excluding tert-OH is 1. The summed E-state index contributed by atoms with van der Waals surface area (Å²) in [5.41, 5.74) is -0.198. The van der Waals surface area contributed by atoms with Gasteiger partial charge in [-0.1, -0.05) is 31.4 Å². The molecule has 3 N–H and O–H groups in total. The zero-order chi connectivity index (χ0) is 30.4. The summed E-state index contributed by atoms with van der Waals surface area (Å²) in [4.78, 5) is 36.9. The number of carbonyl (C=O) groups is 1. The Kier molecular flexibility index (Phi) is 8.02. The van der Waals surface area contributed by atoms with Crippen LogP contribution in [-0.4, -0.2) is 43.1 Å². The van der Waals surface area contributed by atoms with Gasteiger partial charge in [0.25, 0.3) is 11.5 Å². The van der Waals surface area contributed by atoms with Crippen LogP contribution in [0, 0.1) is 0 Å². The van der Waals surface area contributed by atoms with Gasteiger partial charge in [0.2, 0.25) is 0 Å². The van der Waals surface area contributed by atoms with Crippen LogP contribution in [0.15, 0.2) is 40.5 Å². The second-order valence-corrected chi connectivity index (χ2v) is 13.3. The van der Waals surface area contributed by atoms with E-state index in [-0.39, 0.29) is 29.6 Å². The minimum atomic E-state index is -4.60. The largest absolute Gasteiger partial charge is 0.416 e. The van der Waals surface area contributed by atoms with Crippen LogP contribution in [0.3, 0.4) is 0 Å². The highest BCUT2D eigenvalue weighted by Crippen LogP contribution is 2.54. The quantitative estimate of drug-likeness (QED) is 0.323. The summed E-state index contributed by atoms with van der Waals surface area (Å²) in [6.45, 7) is 0.164. The van der Waals surface area contributed by atoms with E-state index in [2.05, 4.69) is 16.4 Å². The molecular weight excluding hydrogens is 579 g/mol. The Balaban J connectivity index is 1.18. The summed E-state index contributed by atoms with van der Waals surface area (Å²) in [5.74, 6) is -0.127. The molecule has 230 valence electrons. The van der Waals surface area contributed by atoms with E-state index >= 15 is 0 Å². The number of fused-ring (bicyclic) bond motifs is 1. The number of aromatic amines is 1. The number of aryl methyl sites for hydroxylation is 2. The predicted molar refractivity (Wildman–Crippen MR) is 156 cm³/mol. The fourth-order valence-electron chi connectivity index (χ4n) is 6.56. The monoisotopic (exact) mass is 615 g/mol. The van der Waals surface area contributed by atoms with Gasteiger partial charge < -0.3 is 20.1 Å². The fraction of sp³-hybridized carbons (Fsp3) is 0.531. The maximum Gasteiger partial charge on any atom is 0.416 e. The lowest BCUT2D eigenvalue weighted by Gasteiger charge is -2.32. The molecule has 2 aliphatic carbocycles. The number of aliphatic hydroxyl groups is 2. The van der Waals surface area contributed by atoms with E-state index in [0.29, 0.717) is 29.9 Å². The summed E-state index contributed by atoms with van der Waals surface area (Å²) in [6.07, 6.45) is 2.96. The molecule has 7 nitrogen and oxygen atoms in total. The topological polar surface area (TPSA) is 107 Å². The molecule has 0 spiro atoms. The number of rotatable bonds is 7. The van der Waals surface area contributed by atoms with Crippen molar-refractivity contribution in [2.75, 3.05) is 6.54 Å². The van der Waals surface area contributed by atoms with E-state index < -0.39 is 29.4 Å². The first kappa shape index (κ1) is 30.0. The summed E-state index contributed by atoms with van der Waals surface area (Å²) < 4.78 is 39.5. The predicted octanol–water partition coefficient (Wildman–Crippen LogP) is 5.57. The number of alkyl halides is 3. The lowest BCUT2D eigenvalue weighted by Crippen LogP contribution is -2.36. The molecule has 1 aromatic carbocycles. The molecule has 3 aromatic rings. The Bertz CT molecular complexity index is 1560. The molecule has 0 radical (unpaired) electrons. The Morgan fingerprint density at radius 3 is 2.60 bits per heavy atom. The minimum absolute atomic E-state index is 0.0775. The Hall–Kier alpha value is -3.02. The summed E-state index contributed by atoms with van der Waals surface area (Å²) >= 11 is 1.66. The van der Waals surface area contributed by atoms with E-state index in [1.165, 1.54) is 23.0 Å². The van der Waals surface area contributed by atoms with Gasteiger partial charge in [-0.05, 0) is 86.1 Å². The number of benzene rings is 1. The van der Waals surface area contributed by atoms with E-state index in [4.69, 9.17) is 4.98 Å². The van der Waals surface area contributed by atoms with E-state index in [9.17, 15) is 33.0 Å². The van der Waals surface area contributed by atoms with Crippen molar-refractivity contribution in [3.8, 4) is 0 Å². The van der Waals surface area contributed by atoms with Crippen LogP contribution in [0.2, 0.25) is 0 Å². The average Bonchev–Trinajstić information content (AvgIpc) is 3.71. The second-order valence-electron chi connectivity index (χ2n) is 12.4. The molecule has 1 atom stereocenters. The average molecular weight is 616 g/mol. The summed E-state index contributed by atoms with van der Waals surface area (Å²) in [5, 5.41) is 23.7. The van der Waals surface area contributed by atoms with Crippen molar-refractivity contribution in [1.29, 1.82) is 0 Å². The van der Waals surface area contributed by atoms with Gasteiger partial charge in [-0.15, -0.1) is 11.3 Å². The van der Waals surface area contributed by atoms with E-state index in [1.54, 1.807) is 11.3 Å². The zero-order valence-electron chi connectivity index (χ0n) is 23.9. The van der Waals surface area contributed by atoms with Crippen molar-refractivity contribution in [2.45, 2.75) is 100 Å². The van der Waals surface area contributed by atoms with E-state index in [1.807, 2.05) is 0 Å². The van der Waals surface area contributed by atoms with Gasteiger partial charge in [0.15, 0.2) is 6.10 Å². The van der Waals surface area contributed by atoms with Gasteiger partial charge in [-0.25, -0.2) is 4.98 Å². The third kappa shape index (κ3) is 6.17. The van der Waals surface area contributed by atoms with Crippen LogP contribution in [0.4, 0.5) is 13.2 Å². The fourth-order valence-corrected chi connectivity index (χ4v) is 7.77. The molecule has 2 saturated carbocycles. The zero-order valence-corrected chi connectivity index (χ0v) is 24.7. The van der Waals surface area contributed by atoms with E-state index in [0.717, 1.165) is 74.4 Å². The van der Waals surface area contributed by atoms with Crippen molar-refractivity contribution in [3.63, 3.8) is 0 Å². The molecule has 43 heavy (non-hydrogen) atoms. The van der Waals surface area contributed by atoms with Crippen molar-refractivity contribution >= 4 is 17.2 Å².